The minimum absolute atomic E-state index is 0.00815. The second kappa shape index (κ2) is 7.76. The molecule has 0 fully saturated rings. The van der Waals surface area contributed by atoms with Gasteiger partial charge in [-0.05, 0) is 32.9 Å². The molecule has 0 saturated carbocycles. The topological polar surface area (TPSA) is 84.9 Å². The maximum atomic E-state index is 14.3. The van der Waals surface area contributed by atoms with E-state index in [0.717, 1.165) is 12.0 Å². The van der Waals surface area contributed by atoms with Crippen molar-refractivity contribution in [1.29, 1.82) is 0 Å². The number of carbonyl (C=O) groups excluding carboxylic acids is 3. The second-order valence-corrected chi connectivity index (χ2v) is 6.62. The zero-order chi connectivity index (χ0) is 22.1. The predicted molar refractivity (Wildman–Crippen MR) is 95.9 cm³/mol. The molecule has 0 aromatic heterocycles. The number of amides is 2. The highest BCUT2D eigenvalue weighted by molar-refractivity contribution is 6.12. The largest absolute Gasteiger partial charge is 0.496 e. The van der Waals surface area contributed by atoms with Gasteiger partial charge in [-0.3, -0.25) is 9.59 Å². The van der Waals surface area contributed by atoms with Gasteiger partial charge in [0, 0.05) is 11.7 Å². The van der Waals surface area contributed by atoms with Crippen molar-refractivity contribution in [2.24, 2.45) is 0 Å². The van der Waals surface area contributed by atoms with Crippen LogP contribution in [0.1, 0.15) is 31.1 Å². The van der Waals surface area contributed by atoms with E-state index in [-0.39, 0.29) is 17.0 Å². The lowest BCUT2D eigenvalue weighted by molar-refractivity contribution is -0.192. The first-order chi connectivity index (χ1) is 13.4. The van der Waals surface area contributed by atoms with E-state index >= 15 is 0 Å². The molecule has 0 radical (unpaired) electrons. The lowest BCUT2D eigenvalue weighted by Gasteiger charge is -2.33. The normalized spacial score (nSPS) is 19.6. The van der Waals surface area contributed by atoms with Crippen LogP contribution in [0.2, 0.25) is 0 Å². The molecule has 10 heteroatoms. The van der Waals surface area contributed by atoms with Gasteiger partial charge in [-0.2, -0.15) is 13.2 Å². The summed E-state index contributed by atoms with van der Waals surface area (Å²) in [6.45, 7) is 4.18. The molecule has 1 aliphatic rings. The molecule has 1 heterocycles. The third-order valence-electron chi connectivity index (χ3n) is 4.62. The highest BCUT2D eigenvalue weighted by Crippen LogP contribution is 2.46. The molecule has 0 saturated heterocycles. The third-order valence-corrected chi connectivity index (χ3v) is 4.62. The van der Waals surface area contributed by atoms with Gasteiger partial charge in [0.05, 0.1) is 19.8 Å². The number of methoxy groups -OCH3 is 2. The first-order valence-electron chi connectivity index (χ1n) is 8.59. The molecule has 29 heavy (non-hydrogen) atoms. The van der Waals surface area contributed by atoms with Gasteiger partial charge >= 0.3 is 12.1 Å². The summed E-state index contributed by atoms with van der Waals surface area (Å²) >= 11 is 0. The first-order valence-corrected chi connectivity index (χ1v) is 8.59. The minimum atomic E-state index is -5.32. The molecule has 1 N–H and O–H groups in total. The van der Waals surface area contributed by atoms with Crippen LogP contribution in [0.15, 0.2) is 35.5 Å². The van der Waals surface area contributed by atoms with Gasteiger partial charge in [-0.15, -0.1) is 0 Å². The zero-order valence-corrected chi connectivity index (χ0v) is 16.5. The molecule has 1 atom stereocenters. The standard InChI is InChI=1S/C19H21F3N2O5/c1-10(2)24-11(3)14(16(26)29-5)18(17(24)27,19(20,21)22)23-15(25)12-8-6-7-9-13(12)28-4/h6-10H,1-5H3,(H,23,25)/t18-/m1/s1. The Morgan fingerprint density at radius 1 is 1.17 bits per heavy atom. The van der Waals surface area contributed by atoms with E-state index in [0.29, 0.717) is 0 Å². The Balaban J connectivity index is 2.72. The number of allylic oxidation sites excluding steroid dienone is 1. The van der Waals surface area contributed by atoms with Gasteiger partial charge in [-0.25, -0.2) is 4.79 Å². The van der Waals surface area contributed by atoms with Crippen LogP contribution in [-0.4, -0.2) is 54.7 Å². The smallest absolute Gasteiger partial charge is 0.425 e. The van der Waals surface area contributed by atoms with Gasteiger partial charge in [0.25, 0.3) is 17.4 Å². The van der Waals surface area contributed by atoms with Crippen molar-refractivity contribution in [3.63, 3.8) is 0 Å². The van der Waals surface area contributed by atoms with Crippen molar-refractivity contribution in [1.82, 2.24) is 10.2 Å². The zero-order valence-electron chi connectivity index (χ0n) is 16.5. The maximum absolute atomic E-state index is 14.3. The van der Waals surface area contributed by atoms with Crippen LogP contribution < -0.4 is 10.1 Å². The van der Waals surface area contributed by atoms with E-state index in [2.05, 4.69) is 4.74 Å². The average Bonchev–Trinajstić information content (AvgIpc) is 2.88. The molecule has 158 valence electrons. The molecule has 0 spiro atoms. The number of nitrogens with zero attached hydrogens (tertiary/aromatic N) is 1. The predicted octanol–water partition coefficient (Wildman–Crippen LogP) is 2.42. The Morgan fingerprint density at radius 2 is 1.76 bits per heavy atom. The summed E-state index contributed by atoms with van der Waals surface area (Å²) in [6.07, 6.45) is -5.32. The molecule has 1 aromatic carbocycles. The van der Waals surface area contributed by atoms with Crippen LogP contribution in [-0.2, 0) is 14.3 Å². The summed E-state index contributed by atoms with van der Waals surface area (Å²) in [5.41, 5.74) is -5.04. The Labute approximate surface area is 165 Å². The molecule has 2 rings (SSSR count). The second-order valence-electron chi connectivity index (χ2n) is 6.62. The fourth-order valence-electron chi connectivity index (χ4n) is 3.38. The number of esters is 1. The highest BCUT2D eigenvalue weighted by atomic mass is 19.4. The van der Waals surface area contributed by atoms with E-state index in [9.17, 15) is 27.6 Å². The van der Waals surface area contributed by atoms with Gasteiger partial charge in [0.15, 0.2) is 0 Å². The summed E-state index contributed by atoms with van der Waals surface area (Å²) in [7, 11) is 2.14. The Kier molecular flexibility index (Phi) is 5.96. The highest BCUT2D eigenvalue weighted by Gasteiger charge is 2.71. The number of hydrogen-bond donors (Lipinski definition) is 1. The molecule has 0 unspecified atom stereocenters. The lowest BCUT2D eigenvalue weighted by atomic mass is 9.88. The quantitative estimate of drug-likeness (QED) is 0.748. The summed E-state index contributed by atoms with van der Waals surface area (Å²) in [5, 5.41) is 1.76. The molecule has 0 aliphatic carbocycles. The molecule has 7 nitrogen and oxygen atoms in total. The Morgan fingerprint density at radius 3 is 2.24 bits per heavy atom. The van der Waals surface area contributed by atoms with Crippen LogP contribution >= 0.6 is 0 Å². The average molecular weight is 414 g/mol. The van der Waals surface area contributed by atoms with Crippen molar-refractivity contribution in [2.75, 3.05) is 14.2 Å². The van der Waals surface area contributed by atoms with Crippen molar-refractivity contribution in [2.45, 2.75) is 38.5 Å². The van der Waals surface area contributed by atoms with Crippen molar-refractivity contribution >= 4 is 17.8 Å². The van der Waals surface area contributed by atoms with Crippen molar-refractivity contribution in [3.8, 4) is 5.75 Å². The van der Waals surface area contributed by atoms with Gasteiger partial charge in [0.2, 0.25) is 0 Å². The van der Waals surface area contributed by atoms with E-state index in [1.807, 2.05) is 0 Å². The minimum Gasteiger partial charge on any atom is -0.496 e. The molecular formula is C19H21F3N2O5. The van der Waals surface area contributed by atoms with E-state index < -0.39 is 41.1 Å². The Bertz CT molecular complexity index is 879. The van der Waals surface area contributed by atoms with Crippen LogP contribution in [0, 0.1) is 0 Å². The molecule has 2 amide bonds. The first kappa shape index (κ1) is 22.3. The number of para-hydroxylation sites is 1. The number of nitrogens with one attached hydrogen (secondary N) is 1. The van der Waals surface area contributed by atoms with Gasteiger partial charge in [-0.1, -0.05) is 12.1 Å². The number of carbonyl (C=O) groups is 3. The van der Waals surface area contributed by atoms with Gasteiger partial charge in [0.1, 0.15) is 11.3 Å². The molecule has 0 bridgehead atoms. The fourth-order valence-corrected chi connectivity index (χ4v) is 3.38. The molecule has 1 aliphatic heterocycles. The maximum Gasteiger partial charge on any atom is 0.425 e. The van der Waals surface area contributed by atoms with E-state index in [4.69, 9.17) is 4.74 Å². The van der Waals surface area contributed by atoms with Crippen LogP contribution in [0.3, 0.4) is 0 Å². The number of rotatable bonds is 5. The number of ether oxygens (including phenoxy) is 2. The van der Waals surface area contributed by atoms with Crippen molar-refractivity contribution in [3.05, 3.63) is 41.1 Å². The number of alkyl halides is 3. The Hall–Kier alpha value is -3.04. The summed E-state index contributed by atoms with van der Waals surface area (Å²) in [5.74, 6) is -4.07. The molecular weight excluding hydrogens is 393 g/mol. The third kappa shape index (κ3) is 3.43. The van der Waals surface area contributed by atoms with E-state index in [1.165, 1.54) is 52.1 Å². The summed E-state index contributed by atoms with van der Waals surface area (Å²) in [4.78, 5) is 38.9. The number of halogens is 3. The lowest BCUT2D eigenvalue weighted by Crippen LogP contribution is -2.66. The SMILES string of the molecule is COC(=O)C1=C(C)N(C(C)C)C(=O)[C@@]1(NC(=O)c1ccccc1OC)C(F)(F)F. The number of hydrogen-bond acceptors (Lipinski definition) is 5. The van der Waals surface area contributed by atoms with Crippen LogP contribution in [0.4, 0.5) is 13.2 Å². The molecule has 1 aromatic rings. The van der Waals surface area contributed by atoms with Gasteiger partial charge < -0.3 is 19.7 Å². The van der Waals surface area contributed by atoms with Crippen LogP contribution in [0.25, 0.3) is 0 Å². The summed E-state index contributed by atoms with van der Waals surface area (Å²) < 4.78 is 52.6. The van der Waals surface area contributed by atoms with Crippen molar-refractivity contribution < 1.29 is 37.0 Å². The monoisotopic (exact) mass is 414 g/mol. The van der Waals surface area contributed by atoms with Crippen LogP contribution in [0.5, 0.6) is 5.75 Å². The number of benzene rings is 1. The van der Waals surface area contributed by atoms with E-state index in [1.54, 1.807) is 5.32 Å². The fraction of sp³-hybridized carbons (Fsp3) is 0.421. The summed E-state index contributed by atoms with van der Waals surface area (Å²) in [6, 6.07) is 4.88.